The van der Waals surface area contributed by atoms with Gasteiger partial charge in [0.15, 0.2) is 11.4 Å². The molecule has 0 radical (unpaired) electrons. The molecule has 4 aromatic heterocycles. The van der Waals surface area contributed by atoms with Crippen molar-refractivity contribution in [3.63, 3.8) is 0 Å². The first-order valence-electron chi connectivity index (χ1n) is 26.4. The number of anilines is 1. The van der Waals surface area contributed by atoms with E-state index in [2.05, 4.69) is 27.4 Å². The number of halogens is 3. The average molecular weight is 1060 g/mol. The lowest BCUT2D eigenvalue weighted by atomic mass is 9.86. The Bertz CT molecular complexity index is 3890. The van der Waals surface area contributed by atoms with Crippen molar-refractivity contribution in [1.82, 2.24) is 34.3 Å². The molecule has 10 heterocycles. The van der Waals surface area contributed by atoms with Crippen molar-refractivity contribution < 1.29 is 47.2 Å². The molecule has 6 aliphatic heterocycles. The Balaban J connectivity index is 0.768. The van der Waals surface area contributed by atoms with Crippen molar-refractivity contribution in [3.8, 4) is 52.5 Å². The topological polar surface area (TPSA) is 186 Å². The second-order valence-corrected chi connectivity index (χ2v) is 21.5. The van der Waals surface area contributed by atoms with Crippen LogP contribution < -0.4 is 19.9 Å². The molecule has 4 saturated heterocycles. The maximum Gasteiger partial charge on any atom is 0.343 e. The van der Waals surface area contributed by atoms with E-state index in [-0.39, 0.29) is 118 Å². The van der Waals surface area contributed by atoms with Gasteiger partial charge < -0.3 is 38.8 Å². The number of aliphatic hydroxyl groups is 1. The molecule has 0 aliphatic carbocycles. The van der Waals surface area contributed by atoms with E-state index in [1.807, 2.05) is 28.9 Å². The lowest BCUT2D eigenvalue weighted by molar-refractivity contribution is -0.172. The van der Waals surface area contributed by atoms with Gasteiger partial charge in [-0.05, 0) is 98.5 Å². The van der Waals surface area contributed by atoms with Gasteiger partial charge in [0.25, 0.3) is 11.5 Å². The number of amides is 1. The molecular formula is C59H53F3N8O8. The number of rotatable bonds is 11. The minimum Gasteiger partial charge on any atom is -0.508 e. The van der Waals surface area contributed by atoms with Crippen molar-refractivity contribution >= 4 is 50.3 Å². The van der Waals surface area contributed by atoms with Crippen molar-refractivity contribution in [2.24, 2.45) is 0 Å². The number of phenols is 1. The SMILES string of the molecule is C#Cc1c(F)ccc2cc(O)cc(-c3ncc4c(N5CC6CCC(C5)N6C(=O)C(=C)COc5ccc6nc7c(c(CC)c6c5)Cn5c-7cc6c(c5=O)COC(=O)C6(O)CC)nc(OCC56CCCN5CC(F)C6)nc4c3F)c12. The summed E-state index contributed by atoms with van der Waals surface area (Å²) in [6.07, 6.45) is 10.1. The molecule has 13 rings (SSSR count). The Morgan fingerprint density at radius 1 is 0.987 bits per heavy atom. The summed E-state index contributed by atoms with van der Waals surface area (Å²) < 4.78 is 66.9. The molecule has 6 aliphatic rings. The number of ether oxygens (including phenoxy) is 3. The van der Waals surface area contributed by atoms with Gasteiger partial charge in [-0.3, -0.25) is 19.5 Å². The van der Waals surface area contributed by atoms with Crippen molar-refractivity contribution in [3.05, 3.63) is 117 Å². The highest BCUT2D eigenvalue weighted by molar-refractivity contribution is 6.03. The van der Waals surface area contributed by atoms with Gasteiger partial charge in [0.1, 0.15) is 60.3 Å². The number of hydrogen-bond donors (Lipinski definition) is 2. The molecule has 5 unspecified atom stereocenters. The number of nitrogens with zero attached hydrogens (tertiary/aromatic N) is 8. The molecule has 19 heteroatoms. The molecule has 4 fully saturated rings. The number of aryl methyl sites for hydroxylation is 1. The summed E-state index contributed by atoms with van der Waals surface area (Å²) in [4.78, 5) is 66.0. The minimum atomic E-state index is -1.94. The van der Waals surface area contributed by atoms with Crippen LogP contribution in [0.15, 0.2) is 71.7 Å². The summed E-state index contributed by atoms with van der Waals surface area (Å²) >= 11 is 0. The predicted octanol–water partition coefficient (Wildman–Crippen LogP) is 7.54. The fourth-order valence-corrected chi connectivity index (χ4v) is 13.4. The smallest absolute Gasteiger partial charge is 0.343 e. The van der Waals surface area contributed by atoms with Crippen molar-refractivity contribution in [2.75, 3.05) is 44.3 Å². The minimum absolute atomic E-state index is 0.0384. The Kier molecular flexibility index (Phi) is 11.6. The largest absolute Gasteiger partial charge is 0.508 e. The second-order valence-electron chi connectivity index (χ2n) is 21.5. The zero-order valence-corrected chi connectivity index (χ0v) is 42.9. The van der Waals surface area contributed by atoms with Crippen molar-refractivity contribution in [2.45, 2.75) is 101 Å². The molecule has 2 N–H and O–H groups in total. The first-order valence-corrected chi connectivity index (χ1v) is 26.4. The quantitative estimate of drug-likeness (QED) is 0.0736. The summed E-state index contributed by atoms with van der Waals surface area (Å²) in [6, 6.07) is 11.8. The van der Waals surface area contributed by atoms with Gasteiger partial charge in [-0.2, -0.15) is 9.97 Å². The molecule has 5 atom stereocenters. The number of pyridine rings is 3. The van der Waals surface area contributed by atoms with E-state index in [1.54, 1.807) is 23.6 Å². The maximum atomic E-state index is 17.4. The molecule has 78 heavy (non-hydrogen) atoms. The number of esters is 1. The molecule has 0 saturated carbocycles. The third-order valence-electron chi connectivity index (χ3n) is 17.2. The highest BCUT2D eigenvalue weighted by Crippen LogP contribution is 2.45. The van der Waals surface area contributed by atoms with E-state index in [0.717, 1.165) is 35.9 Å². The molecule has 7 aromatic rings. The molecule has 2 bridgehead atoms. The van der Waals surface area contributed by atoms with E-state index >= 15 is 8.78 Å². The number of benzene rings is 3. The number of carbonyl (C=O) groups is 2. The summed E-state index contributed by atoms with van der Waals surface area (Å²) in [7, 11) is 0. The summed E-state index contributed by atoms with van der Waals surface area (Å²) in [5.41, 5.74) is 1.09. The Morgan fingerprint density at radius 2 is 1.79 bits per heavy atom. The number of hydrogen-bond acceptors (Lipinski definition) is 14. The first-order chi connectivity index (χ1) is 37.6. The Labute approximate surface area is 445 Å². The van der Waals surface area contributed by atoms with Crippen LogP contribution in [0, 0.1) is 24.0 Å². The molecule has 16 nitrogen and oxygen atoms in total. The van der Waals surface area contributed by atoms with E-state index < -0.39 is 34.9 Å². The second kappa shape index (κ2) is 18.3. The summed E-state index contributed by atoms with van der Waals surface area (Å²) in [5.74, 6) is 0.368. The standard InChI is InChI=1S/C59H53F3N8O8/c1-5-37-39-19-36(12-14-46(39)64-50-42(37)26-69-47(50)20-44-43(55(69)73)28-77-56(74)59(44,75)7-3)76-27-30(4)54(72)70-33-10-11-34(70)25-67(24-33)53-41-22-63-51(40-18-35(71)17-31-9-13-45(61)38(6-2)48(31)40)49(62)52(41)65-57(66-53)78-29-58-15-8-16-68(58)23-32(60)21-58/h2,9,12-14,17-20,22,32-34,71,75H,4-5,7-8,10-11,15-16,21,23-29H2,1,3H3. The van der Waals surface area contributed by atoms with Gasteiger partial charge >= 0.3 is 12.0 Å². The van der Waals surface area contributed by atoms with Crippen LogP contribution in [0.5, 0.6) is 17.5 Å². The maximum absolute atomic E-state index is 17.4. The highest BCUT2D eigenvalue weighted by Gasteiger charge is 2.50. The highest BCUT2D eigenvalue weighted by atomic mass is 19.1. The normalized spacial score (nSPS) is 23.1. The number of piperazine rings is 1. The Hall–Kier alpha value is -8.08. The van der Waals surface area contributed by atoms with Crippen molar-refractivity contribution in [1.29, 1.82) is 0 Å². The fourth-order valence-electron chi connectivity index (χ4n) is 13.4. The van der Waals surface area contributed by atoms with E-state index in [1.165, 1.54) is 30.5 Å². The van der Waals surface area contributed by atoms with Crippen LogP contribution in [0.2, 0.25) is 0 Å². The number of cyclic esters (lactones) is 1. The van der Waals surface area contributed by atoms with Crippen LogP contribution in [-0.4, -0.2) is 120 Å². The molecule has 1 amide bonds. The van der Waals surface area contributed by atoms with Crippen LogP contribution in [0.3, 0.4) is 0 Å². The number of terminal acetylenes is 1. The van der Waals surface area contributed by atoms with Gasteiger partial charge in [-0.1, -0.05) is 32.4 Å². The summed E-state index contributed by atoms with van der Waals surface area (Å²) in [5, 5.41) is 23.8. The molecule has 3 aromatic carbocycles. The number of alkyl halides is 1. The zero-order chi connectivity index (χ0) is 54.1. The number of phenolic OH excluding ortho intramolecular Hbond substituents is 1. The first kappa shape index (κ1) is 49.5. The van der Waals surface area contributed by atoms with Gasteiger partial charge in [0.2, 0.25) is 0 Å². The number of aromatic nitrogens is 5. The fraction of sp³-hybridized carbons (Fsp3) is 0.373. The van der Waals surface area contributed by atoms with Gasteiger partial charge in [0, 0.05) is 65.3 Å². The summed E-state index contributed by atoms with van der Waals surface area (Å²) in [6.45, 7) is 9.56. The number of fused-ring (bicyclic) bond motifs is 10. The Morgan fingerprint density at radius 3 is 2.56 bits per heavy atom. The van der Waals surface area contributed by atoms with Gasteiger partial charge in [-0.15, -0.1) is 6.42 Å². The van der Waals surface area contributed by atoms with Crippen LogP contribution in [0.1, 0.15) is 80.2 Å². The van der Waals surface area contributed by atoms with E-state index in [0.29, 0.717) is 79.2 Å². The number of aromatic hydroxyl groups is 1. The van der Waals surface area contributed by atoms with Crippen LogP contribution in [0.4, 0.5) is 19.0 Å². The van der Waals surface area contributed by atoms with E-state index in [9.17, 15) is 29.0 Å². The van der Waals surface area contributed by atoms with Crippen LogP contribution in [-0.2, 0) is 39.5 Å². The lowest BCUT2D eigenvalue weighted by Crippen LogP contribution is -2.56. The third-order valence-corrected chi connectivity index (χ3v) is 17.2. The van der Waals surface area contributed by atoms with E-state index in [4.69, 9.17) is 30.6 Å². The predicted molar refractivity (Wildman–Crippen MR) is 283 cm³/mol. The zero-order valence-electron chi connectivity index (χ0n) is 42.9. The van der Waals surface area contributed by atoms with Crippen LogP contribution >= 0.6 is 0 Å². The third kappa shape index (κ3) is 7.53. The molecule has 0 spiro atoms. The van der Waals surface area contributed by atoms with Gasteiger partial charge in [0.05, 0.1) is 57.6 Å². The number of carbonyl (C=O) groups excluding carboxylic acids is 2. The average Bonchev–Trinajstić information content (AvgIpc) is 4.33. The molecular weight excluding hydrogens is 1010 g/mol. The lowest BCUT2D eigenvalue weighted by Gasteiger charge is -2.42. The van der Waals surface area contributed by atoms with Gasteiger partial charge in [-0.25, -0.2) is 22.9 Å². The van der Waals surface area contributed by atoms with Crippen LogP contribution in [0.25, 0.3) is 55.2 Å². The molecule has 398 valence electrons. The monoisotopic (exact) mass is 1060 g/mol.